The molecule has 0 atom stereocenters. The molecule has 0 saturated carbocycles. The summed E-state index contributed by atoms with van der Waals surface area (Å²) in [7, 11) is 0. The second-order valence-electron chi connectivity index (χ2n) is 4.83. The standard InChI is InChI=1S/C14H19NOS/c1-10(15-5)13(17)11-6-8-12(9-7-11)16-14(2,3)4/h6-9,17H,5H2,1-4H3/b13-10-. The number of ether oxygens (including phenoxy) is 1. The lowest BCUT2D eigenvalue weighted by Gasteiger charge is -2.21. The summed E-state index contributed by atoms with van der Waals surface area (Å²) in [5.74, 6) is 0.853. The van der Waals surface area contributed by atoms with E-state index in [9.17, 15) is 0 Å². The van der Waals surface area contributed by atoms with E-state index in [2.05, 4.69) is 24.3 Å². The summed E-state index contributed by atoms with van der Waals surface area (Å²) >= 11 is 4.42. The molecular formula is C14H19NOS. The number of rotatable bonds is 3. The van der Waals surface area contributed by atoms with Gasteiger partial charge in [-0.05, 0) is 52.1 Å². The first-order valence-corrected chi connectivity index (χ1v) is 5.94. The molecule has 0 amide bonds. The van der Waals surface area contributed by atoms with Crippen molar-refractivity contribution in [1.82, 2.24) is 0 Å². The zero-order chi connectivity index (χ0) is 13.1. The van der Waals surface area contributed by atoms with Gasteiger partial charge in [-0.1, -0.05) is 12.1 Å². The third-order valence-electron chi connectivity index (χ3n) is 2.13. The van der Waals surface area contributed by atoms with E-state index in [0.717, 1.165) is 21.9 Å². The molecular weight excluding hydrogens is 230 g/mol. The Morgan fingerprint density at radius 3 is 2.18 bits per heavy atom. The van der Waals surface area contributed by atoms with E-state index in [1.165, 1.54) is 0 Å². The van der Waals surface area contributed by atoms with Crippen molar-refractivity contribution in [2.24, 2.45) is 4.99 Å². The Bertz CT molecular complexity index is 427. The Morgan fingerprint density at radius 1 is 1.24 bits per heavy atom. The number of allylic oxidation sites excluding steroid dienone is 1. The highest BCUT2D eigenvalue weighted by molar-refractivity contribution is 7.90. The second-order valence-corrected chi connectivity index (χ2v) is 5.28. The van der Waals surface area contributed by atoms with Crippen molar-refractivity contribution < 1.29 is 4.74 Å². The van der Waals surface area contributed by atoms with Crippen molar-refractivity contribution in [3.05, 3.63) is 35.5 Å². The van der Waals surface area contributed by atoms with Crippen LogP contribution in [0.25, 0.3) is 4.91 Å². The first kappa shape index (κ1) is 13.8. The minimum absolute atomic E-state index is 0.181. The summed E-state index contributed by atoms with van der Waals surface area (Å²) in [6.45, 7) is 11.4. The first-order chi connectivity index (χ1) is 7.83. The van der Waals surface area contributed by atoms with Gasteiger partial charge in [0.05, 0.1) is 5.70 Å². The second kappa shape index (κ2) is 5.41. The van der Waals surface area contributed by atoms with Crippen LogP contribution in [0.2, 0.25) is 0 Å². The van der Waals surface area contributed by atoms with Gasteiger partial charge < -0.3 is 4.74 Å². The molecule has 0 aromatic heterocycles. The number of benzene rings is 1. The van der Waals surface area contributed by atoms with E-state index >= 15 is 0 Å². The summed E-state index contributed by atoms with van der Waals surface area (Å²) in [6, 6.07) is 7.82. The number of thiol groups is 1. The fourth-order valence-electron chi connectivity index (χ4n) is 1.32. The third kappa shape index (κ3) is 4.27. The topological polar surface area (TPSA) is 21.6 Å². The maximum Gasteiger partial charge on any atom is 0.120 e. The predicted molar refractivity (Wildman–Crippen MR) is 78.0 cm³/mol. The largest absolute Gasteiger partial charge is 0.488 e. The van der Waals surface area contributed by atoms with Crippen molar-refractivity contribution >= 4 is 24.3 Å². The van der Waals surface area contributed by atoms with Crippen LogP contribution >= 0.6 is 12.6 Å². The minimum Gasteiger partial charge on any atom is -0.488 e. The molecule has 92 valence electrons. The van der Waals surface area contributed by atoms with Gasteiger partial charge in [-0.15, -0.1) is 12.6 Å². The molecule has 0 fully saturated rings. The van der Waals surface area contributed by atoms with Crippen LogP contribution in [0.4, 0.5) is 0 Å². The van der Waals surface area contributed by atoms with Crippen LogP contribution in [0.3, 0.4) is 0 Å². The predicted octanol–water partition coefficient (Wildman–Crippen LogP) is 4.18. The van der Waals surface area contributed by atoms with Gasteiger partial charge in [0, 0.05) is 4.91 Å². The molecule has 0 aliphatic heterocycles. The maximum absolute atomic E-state index is 5.75. The van der Waals surface area contributed by atoms with E-state index in [0.29, 0.717) is 0 Å². The smallest absolute Gasteiger partial charge is 0.120 e. The molecule has 3 heteroatoms. The molecule has 0 aliphatic carbocycles. The summed E-state index contributed by atoms with van der Waals surface area (Å²) in [4.78, 5) is 4.70. The highest BCUT2D eigenvalue weighted by Crippen LogP contribution is 2.26. The van der Waals surface area contributed by atoms with E-state index in [1.54, 1.807) is 0 Å². The van der Waals surface area contributed by atoms with E-state index < -0.39 is 0 Å². The van der Waals surface area contributed by atoms with Gasteiger partial charge >= 0.3 is 0 Å². The van der Waals surface area contributed by atoms with Crippen molar-refractivity contribution in [2.45, 2.75) is 33.3 Å². The van der Waals surface area contributed by atoms with Gasteiger partial charge in [-0.2, -0.15) is 0 Å². The Kier molecular flexibility index (Phi) is 4.40. The quantitative estimate of drug-likeness (QED) is 0.629. The lowest BCUT2D eigenvalue weighted by atomic mass is 10.1. The van der Waals surface area contributed by atoms with Crippen LogP contribution in [-0.2, 0) is 0 Å². The Balaban J connectivity index is 2.93. The third-order valence-corrected chi connectivity index (χ3v) is 2.71. The number of aliphatic imine (C=N–C) groups is 1. The molecule has 1 aromatic rings. The molecule has 1 rings (SSSR count). The molecule has 2 nitrogen and oxygen atoms in total. The van der Waals surface area contributed by atoms with Gasteiger partial charge in [0.1, 0.15) is 11.4 Å². The van der Waals surface area contributed by atoms with Crippen molar-refractivity contribution in [3.63, 3.8) is 0 Å². The highest BCUT2D eigenvalue weighted by atomic mass is 32.1. The first-order valence-electron chi connectivity index (χ1n) is 5.49. The molecule has 0 unspecified atom stereocenters. The molecule has 1 aromatic carbocycles. The molecule has 0 aliphatic rings. The molecule has 0 bridgehead atoms. The SMILES string of the molecule is C=N/C(C)=C(\S)c1ccc(OC(C)(C)C)cc1. The van der Waals surface area contributed by atoms with Crippen LogP contribution < -0.4 is 4.74 Å². The zero-order valence-corrected chi connectivity index (χ0v) is 11.7. The Morgan fingerprint density at radius 2 is 1.76 bits per heavy atom. The fraction of sp³-hybridized carbons (Fsp3) is 0.357. The molecule has 17 heavy (non-hydrogen) atoms. The summed E-state index contributed by atoms with van der Waals surface area (Å²) in [5.41, 5.74) is 1.65. The highest BCUT2D eigenvalue weighted by Gasteiger charge is 2.11. The minimum atomic E-state index is -0.181. The molecule has 0 spiro atoms. The zero-order valence-electron chi connectivity index (χ0n) is 10.8. The maximum atomic E-state index is 5.75. The Hall–Kier alpha value is -1.22. The van der Waals surface area contributed by atoms with Crippen LogP contribution in [0.5, 0.6) is 5.75 Å². The fourth-order valence-corrected chi connectivity index (χ4v) is 1.54. The normalized spacial score (nSPS) is 13.0. The van der Waals surface area contributed by atoms with Gasteiger partial charge in [0.2, 0.25) is 0 Å². The molecule has 0 N–H and O–H groups in total. The van der Waals surface area contributed by atoms with Crippen molar-refractivity contribution in [2.75, 3.05) is 0 Å². The van der Waals surface area contributed by atoms with Crippen LogP contribution in [0.15, 0.2) is 35.0 Å². The molecule has 0 radical (unpaired) electrons. The van der Waals surface area contributed by atoms with Gasteiger partial charge in [-0.3, -0.25) is 4.99 Å². The molecule has 0 saturated heterocycles. The monoisotopic (exact) mass is 249 g/mol. The summed E-state index contributed by atoms with van der Waals surface area (Å²) < 4.78 is 5.75. The van der Waals surface area contributed by atoms with Crippen LogP contribution in [0, 0.1) is 0 Å². The van der Waals surface area contributed by atoms with Crippen molar-refractivity contribution in [3.8, 4) is 5.75 Å². The number of hydrogen-bond acceptors (Lipinski definition) is 3. The van der Waals surface area contributed by atoms with Gasteiger partial charge in [-0.25, -0.2) is 0 Å². The van der Waals surface area contributed by atoms with Gasteiger partial charge in [0.15, 0.2) is 0 Å². The average Bonchev–Trinajstić information content (AvgIpc) is 2.26. The summed E-state index contributed by atoms with van der Waals surface area (Å²) in [5, 5.41) is 0. The lowest BCUT2D eigenvalue weighted by Crippen LogP contribution is -2.22. The van der Waals surface area contributed by atoms with Gasteiger partial charge in [0.25, 0.3) is 0 Å². The van der Waals surface area contributed by atoms with Crippen LogP contribution in [0.1, 0.15) is 33.3 Å². The Labute approximate surface area is 109 Å². The van der Waals surface area contributed by atoms with Crippen molar-refractivity contribution in [1.29, 1.82) is 0 Å². The lowest BCUT2D eigenvalue weighted by molar-refractivity contribution is 0.131. The van der Waals surface area contributed by atoms with E-state index in [4.69, 9.17) is 4.74 Å². The number of hydrogen-bond donors (Lipinski definition) is 1. The van der Waals surface area contributed by atoms with E-state index in [1.807, 2.05) is 52.0 Å². The average molecular weight is 249 g/mol. The summed E-state index contributed by atoms with van der Waals surface area (Å²) in [6.07, 6.45) is 0. The van der Waals surface area contributed by atoms with E-state index in [-0.39, 0.29) is 5.60 Å². The molecule has 0 heterocycles. The van der Waals surface area contributed by atoms with Crippen LogP contribution in [-0.4, -0.2) is 12.3 Å². The number of nitrogens with zero attached hydrogens (tertiary/aromatic N) is 1.